The molecule has 168 valence electrons. The summed E-state index contributed by atoms with van der Waals surface area (Å²) in [4.78, 5) is 12.9. The van der Waals surface area contributed by atoms with Gasteiger partial charge in [0.05, 0.1) is 17.5 Å². The Hall–Kier alpha value is -3.40. The quantitative estimate of drug-likeness (QED) is 0.414. The lowest BCUT2D eigenvalue weighted by Gasteiger charge is -2.28. The maximum Gasteiger partial charge on any atom is 0.274 e. The maximum atomic E-state index is 11.4. The minimum Gasteiger partial charge on any atom is -0.359 e. The topological polar surface area (TPSA) is 115 Å². The van der Waals surface area contributed by atoms with E-state index in [1.165, 1.54) is 0 Å². The Kier molecular flexibility index (Phi) is 6.13. The van der Waals surface area contributed by atoms with Crippen LogP contribution in [0.4, 0.5) is 5.69 Å². The van der Waals surface area contributed by atoms with Crippen LogP contribution >= 0.6 is 11.6 Å². The molecule has 4 rings (SSSR count). The fourth-order valence-electron chi connectivity index (χ4n) is 4.00. The Morgan fingerprint density at radius 1 is 1.31 bits per heavy atom. The van der Waals surface area contributed by atoms with Crippen LogP contribution in [0.5, 0.6) is 0 Å². The smallest absolute Gasteiger partial charge is 0.274 e. The van der Waals surface area contributed by atoms with Crippen LogP contribution in [0.25, 0.3) is 0 Å². The molecule has 0 saturated carbocycles. The molecule has 10 nitrogen and oxygen atoms in total. The average Bonchev–Trinajstić information content (AvgIpc) is 3.45. The van der Waals surface area contributed by atoms with Crippen molar-refractivity contribution in [2.75, 3.05) is 11.9 Å². The number of anilines is 1. The Balaban J connectivity index is 1.66. The highest BCUT2D eigenvalue weighted by molar-refractivity contribution is 6.30. The lowest BCUT2D eigenvalue weighted by molar-refractivity contribution is -0.404. The van der Waals surface area contributed by atoms with Crippen molar-refractivity contribution >= 4 is 17.3 Å². The van der Waals surface area contributed by atoms with E-state index in [9.17, 15) is 10.1 Å². The van der Waals surface area contributed by atoms with E-state index in [1.54, 1.807) is 13.8 Å². The molecular formula is C21H24ClN7O3. The summed E-state index contributed by atoms with van der Waals surface area (Å²) in [6.07, 6.45) is 2.66. The van der Waals surface area contributed by atoms with Crippen LogP contribution < -0.4 is 5.32 Å². The number of nitro groups is 1. The lowest BCUT2D eigenvalue weighted by atomic mass is 10.2. The van der Waals surface area contributed by atoms with Crippen molar-refractivity contribution in [3.63, 3.8) is 0 Å². The van der Waals surface area contributed by atoms with Gasteiger partial charge in [0, 0.05) is 11.6 Å². The van der Waals surface area contributed by atoms with E-state index >= 15 is 0 Å². The predicted molar refractivity (Wildman–Crippen MR) is 119 cm³/mol. The Labute approximate surface area is 190 Å². The number of nitrogens with one attached hydrogen (secondary N) is 1. The van der Waals surface area contributed by atoms with E-state index in [1.807, 2.05) is 40.7 Å². The fourth-order valence-corrected chi connectivity index (χ4v) is 4.13. The summed E-state index contributed by atoms with van der Waals surface area (Å²) in [6.45, 7) is 6.69. The number of rotatable bonds is 7. The Morgan fingerprint density at radius 3 is 2.72 bits per heavy atom. The van der Waals surface area contributed by atoms with Gasteiger partial charge in [-0.1, -0.05) is 28.9 Å². The molecule has 3 aromatic rings. The van der Waals surface area contributed by atoms with E-state index in [-0.39, 0.29) is 6.04 Å². The molecule has 1 atom stereocenters. The summed E-state index contributed by atoms with van der Waals surface area (Å²) >= 11 is 6.02. The normalized spacial score (nSPS) is 16.6. The summed E-state index contributed by atoms with van der Waals surface area (Å²) in [5, 5.41) is 27.9. The minimum absolute atomic E-state index is 0.164. The summed E-state index contributed by atoms with van der Waals surface area (Å²) in [7, 11) is 0. The molecule has 1 N–H and O–H groups in total. The van der Waals surface area contributed by atoms with Gasteiger partial charge in [0.25, 0.3) is 6.20 Å². The molecule has 3 heterocycles. The van der Waals surface area contributed by atoms with Gasteiger partial charge in [-0.05, 0) is 51.3 Å². The summed E-state index contributed by atoms with van der Waals surface area (Å²) in [5.74, 6) is 2.48. The second-order valence-electron chi connectivity index (χ2n) is 7.79. The van der Waals surface area contributed by atoms with Gasteiger partial charge < -0.3 is 19.3 Å². The summed E-state index contributed by atoms with van der Waals surface area (Å²) in [5.41, 5.74) is 2.33. The van der Waals surface area contributed by atoms with Gasteiger partial charge in [0.1, 0.15) is 17.2 Å². The Bertz CT molecular complexity index is 1130. The van der Waals surface area contributed by atoms with Crippen molar-refractivity contribution in [1.82, 2.24) is 24.8 Å². The molecule has 0 radical (unpaired) electrons. The number of aryl methyl sites for hydroxylation is 3. The zero-order valence-electron chi connectivity index (χ0n) is 18.1. The maximum absolute atomic E-state index is 11.4. The van der Waals surface area contributed by atoms with E-state index in [4.69, 9.17) is 16.1 Å². The van der Waals surface area contributed by atoms with Crippen molar-refractivity contribution in [1.29, 1.82) is 0 Å². The van der Waals surface area contributed by atoms with E-state index in [0.717, 1.165) is 36.3 Å². The molecule has 11 heteroatoms. The second kappa shape index (κ2) is 8.99. The monoisotopic (exact) mass is 457 g/mol. The number of likely N-dealkylation sites (tertiary alicyclic amines) is 1. The average molecular weight is 458 g/mol. The molecule has 1 saturated heterocycles. The predicted octanol–water partition coefficient (Wildman–Crippen LogP) is 4.22. The second-order valence-corrected chi connectivity index (χ2v) is 8.23. The first kappa shape index (κ1) is 21.8. The first-order valence-electron chi connectivity index (χ1n) is 10.3. The van der Waals surface area contributed by atoms with Gasteiger partial charge in [0.2, 0.25) is 0 Å². The van der Waals surface area contributed by atoms with Crippen molar-refractivity contribution in [3.05, 3.63) is 80.1 Å². The number of halogens is 1. The van der Waals surface area contributed by atoms with Crippen LogP contribution in [-0.2, 0) is 6.54 Å². The molecule has 1 aliphatic rings. The third-order valence-corrected chi connectivity index (χ3v) is 5.84. The zero-order chi connectivity index (χ0) is 22.8. The zero-order valence-corrected chi connectivity index (χ0v) is 18.8. The molecule has 0 aliphatic carbocycles. The molecule has 2 aromatic heterocycles. The van der Waals surface area contributed by atoms with Crippen LogP contribution in [0, 0.1) is 30.9 Å². The van der Waals surface area contributed by atoms with E-state index in [2.05, 4.69) is 20.7 Å². The molecule has 1 fully saturated rings. The number of hydrogen-bond donors (Lipinski definition) is 1. The largest absolute Gasteiger partial charge is 0.359 e. The number of aromatic nitrogens is 4. The van der Waals surface area contributed by atoms with E-state index in [0.29, 0.717) is 41.1 Å². The molecule has 1 aromatic carbocycles. The van der Waals surface area contributed by atoms with Crippen LogP contribution in [-0.4, -0.2) is 36.3 Å². The van der Waals surface area contributed by atoms with Crippen LogP contribution in [0.3, 0.4) is 0 Å². The van der Waals surface area contributed by atoms with Crippen molar-refractivity contribution in [2.24, 2.45) is 0 Å². The van der Waals surface area contributed by atoms with Crippen LogP contribution in [0.1, 0.15) is 47.5 Å². The van der Waals surface area contributed by atoms with Crippen molar-refractivity contribution in [3.8, 4) is 0 Å². The SMILES string of the molecule is Cc1noc(C)c1N/C(=C\[N+](=O)[O-])N1CCC[C@@H]1c1nnc(C)n1Cc1ccc(Cl)cc1. The Morgan fingerprint density at radius 2 is 2.06 bits per heavy atom. The molecule has 0 bridgehead atoms. The molecule has 32 heavy (non-hydrogen) atoms. The van der Waals surface area contributed by atoms with Gasteiger partial charge in [-0.15, -0.1) is 10.2 Å². The molecular weight excluding hydrogens is 434 g/mol. The number of benzene rings is 1. The first-order chi connectivity index (χ1) is 15.3. The van der Waals surface area contributed by atoms with E-state index < -0.39 is 4.92 Å². The molecule has 0 amide bonds. The highest BCUT2D eigenvalue weighted by Crippen LogP contribution is 2.35. The molecule has 0 unspecified atom stereocenters. The third-order valence-electron chi connectivity index (χ3n) is 5.59. The lowest BCUT2D eigenvalue weighted by Crippen LogP contribution is -2.30. The van der Waals surface area contributed by atoms with Gasteiger partial charge in [-0.2, -0.15) is 0 Å². The highest BCUT2D eigenvalue weighted by Gasteiger charge is 2.34. The van der Waals surface area contributed by atoms with Crippen molar-refractivity contribution in [2.45, 2.75) is 46.2 Å². The standard InChI is InChI=1S/C21H24ClN7O3/c1-13-20(14(2)32-26-13)23-19(12-29(30)31)27-10-4-5-18(27)21-25-24-15(3)28(21)11-16-6-8-17(22)9-7-16/h6-9,12,18,23H,4-5,10-11H2,1-3H3/b19-12+/t18-/m1/s1. The van der Waals surface area contributed by atoms with Crippen molar-refractivity contribution < 1.29 is 9.45 Å². The summed E-state index contributed by atoms with van der Waals surface area (Å²) < 4.78 is 7.26. The molecule has 1 aliphatic heterocycles. The number of nitrogens with zero attached hydrogens (tertiary/aromatic N) is 6. The third kappa shape index (κ3) is 4.45. The van der Waals surface area contributed by atoms with Gasteiger partial charge >= 0.3 is 0 Å². The van der Waals surface area contributed by atoms with Crippen LogP contribution in [0.15, 0.2) is 40.8 Å². The van der Waals surface area contributed by atoms with Gasteiger partial charge in [-0.3, -0.25) is 10.1 Å². The van der Waals surface area contributed by atoms with Gasteiger partial charge in [0.15, 0.2) is 17.4 Å². The highest BCUT2D eigenvalue weighted by atomic mass is 35.5. The summed E-state index contributed by atoms with van der Waals surface area (Å²) in [6, 6.07) is 7.47. The minimum atomic E-state index is -0.459. The fraction of sp³-hybridized carbons (Fsp3) is 0.381. The molecule has 0 spiro atoms. The van der Waals surface area contributed by atoms with Gasteiger partial charge in [-0.25, -0.2) is 0 Å². The number of hydrogen-bond acceptors (Lipinski definition) is 8. The van der Waals surface area contributed by atoms with Crippen LogP contribution in [0.2, 0.25) is 5.02 Å². The first-order valence-corrected chi connectivity index (χ1v) is 10.7.